The molecule has 1 aliphatic heterocycles. The summed E-state index contributed by atoms with van der Waals surface area (Å²) in [6, 6.07) is 6.30. The van der Waals surface area contributed by atoms with Crippen molar-refractivity contribution >= 4 is 44.2 Å². The van der Waals surface area contributed by atoms with Crippen molar-refractivity contribution in [2.75, 3.05) is 24.6 Å². The molecule has 1 saturated carbocycles. The molecule has 0 aromatic heterocycles. The Balaban J connectivity index is 1.41. The van der Waals surface area contributed by atoms with E-state index >= 15 is 0 Å². The van der Waals surface area contributed by atoms with E-state index in [1.165, 1.54) is 37.8 Å². The molecule has 0 bridgehead atoms. The Morgan fingerprint density at radius 1 is 1.13 bits per heavy atom. The number of nitrogens with zero attached hydrogens (tertiary/aromatic N) is 1. The molecule has 0 radical (unpaired) electrons. The van der Waals surface area contributed by atoms with Gasteiger partial charge in [-0.25, -0.2) is 4.39 Å². The minimum absolute atomic E-state index is 0.0732. The second-order valence-electron chi connectivity index (χ2n) is 8.34. The summed E-state index contributed by atoms with van der Waals surface area (Å²) in [6.45, 7) is 2.58. The molecule has 0 spiro atoms. The first kappa shape index (κ1) is 23.8. The van der Waals surface area contributed by atoms with E-state index in [9.17, 15) is 14.0 Å². The molecule has 166 valence electrons. The Kier molecular flexibility index (Phi) is 9.70. The van der Waals surface area contributed by atoms with Crippen LogP contribution in [0, 0.1) is 11.7 Å². The van der Waals surface area contributed by atoms with Gasteiger partial charge < -0.3 is 10.6 Å². The molecule has 1 aliphatic carbocycles. The summed E-state index contributed by atoms with van der Waals surface area (Å²) in [7, 11) is 0. The second kappa shape index (κ2) is 12.2. The van der Waals surface area contributed by atoms with E-state index in [1.54, 1.807) is 34.4 Å². The molecule has 2 aliphatic rings. The number of amides is 2. The Morgan fingerprint density at radius 3 is 2.43 bits per heavy atom. The van der Waals surface area contributed by atoms with Crippen molar-refractivity contribution in [1.29, 1.82) is 0 Å². The molecular weight excluding hydrogens is 516 g/mol. The third kappa shape index (κ3) is 8.00. The number of nitrogens with one attached hydrogen (secondary N) is 2. The lowest BCUT2D eigenvalue weighted by molar-refractivity contribution is -0.123. The van der Waals surface area contributed by atoms with Crippen LogP contribution in [0.2, 0.25) is 0 Å². The van der Waals surface area contributed by atoms with Crippen LogP contribution in [0.4, 0.5) is 9.18 Å². The third-order valence-corrected chi connectivity index (χ3v) is 7.56. The van der Waals surface area contributed by atoms with E-state index in [0.717, 1.165) is 49.7 Å². The first-order valence-electron chi connectivity index (χ1n) is 10.8. The zero-order valence-electron chi connectivity index (χ0n) is 17.2. The summed E-state index contributed by atoms with van der Waals surface area (Å²) in [4.78, 5) is 26.7. The van der Waals surface area contributed by atoms with Crippen LogP contribution in [0.15, 0.2) is 24.3 Å². The number of carbonyl (C=O) groups excluding carboxylic acids is 2. The molecule has 8 heteroatoms. The number of piperidine rings is 1. The number of hydrogen-bond donors (Lipinski definition) is 2. The van der Waals surface area contributed by atoms with Crippen LogP contribution in [-0.4, -0.2) is 51.4 Å². The molecule has 1 saturated heterocycles. The standard InChI is InChI=1S/C22H31FIN3O2S/c23-18-7-5-16(6-8-18)13-27-11-9-19(10-12-27)25-21(28)20(26-22(24)29)15-30-14-17-3-1-2-4-17/h5-8,17,19-20H,1-4,9-15H2,(H,25,28)(H,26,29). The first-order valence-corrected chi connectivity index (χ1v) is 13.0. The summed E-state index contributed by atoms with van der Waals surface area (Å²) in [5.74, 6) is 2.17. The third-order valence-electron chi connectivity index (χ3n) is 5.97. The summed E-state index contributed by atoms with van der Waals surface area (Å²) in [6.07, 6.45) is 6.98. The lowest BCUT2D eigenvalue weighted by atomic mass is 10.0. The quantitative estimate of drug-likeness (QED) is 0.275. The number of benzene rings is 1. The summed E-state index contributed by atoms with van der Waals surface area (Å²) >= 11 is 3.48. The predicted octanol–water partition coefficient (Wildman–Crippen LogP) is 4.34. The fourth-order valence-corrected chi connectivity index (χ4v) is 5.88. The lowest BCUT2D eigenvalue weighted by Crippen LogP contribution is -2.52. The molecule has 30 heavy (non-hydrogen) atoms. The fourth-order valence-electron chi connectivity index (χ4n) is 4.23. The normalized spacial score (nSPS) is 19.5. The SMILES string of the molecule is O=C(I)NC(CSCC1CCCC1)C(=O)NC1CCN(Cc2ccc(F)cc2)CC1. The molecule has 2 N–H and O–H groups in total. The number of thioether (sulfide) groups is 1. The van der Waals surface area contributed by atoms with Crippen LogP contribution in [0.5, 0.6) is 0 Å². The minimum atomic E-state index is -0.474. The maximum Gasteiger partial charge on any atom is 0.281 e. The Hall–Kier alpha value is -0.870. The highest BCUT2D eigenvalue weighted by Crippen LogP contribution is 2.28. The number of halogens is 2. The minimum Gasteiger partial charge on any atom is -0.351 e. The van der Waals surface area contributed by atoms with Crippen molar-refractivity contribution in [3.63, 3.8) is 0 Å². The molecule has 1 aromatic carbocycles. The van der Waals surface area contributed by atoms with Crippen molar-refractivity contribution in [2.24, 2.45) is 5.92 Å². The van der Waals surface area contributed by atoms with Gasteiger partial charge in [0, 0.05) is 54.0 Å². The van der Waals surface area contributed by atoms with Crippen molar-refractivity contribution in [2.45, 2.75) is 57.2 Å². The first-order chi connectivity index (χ1) is 14.5. The van der Waals surface area contributed by atoms with E-state index in [4.69, 9.17) is 0 Å². The molecule has 1 heterocycles. The van der Waals surface area contributed by atoms with Gasteiger partial charge in [0.15, 0.2) is 0 Å². The topological polar surface area (TPSA) is 61.4 Å². The molecule has 1 aromatic rings. The monoisotopic (exact) mass is 547 g/mol. The molecule has 1 atom stereocenters. The molecule has 1 unspecified atom stereocenters. The highest BCUT2D eigenvalue weighted by atomic mass is 127. The van der Waals surface area contributed by atoms with Gasteiger partial charge in [-0.1, -0.05) is 25.0 Å². The fraction of sp³-hybridized carbons (Fsp3) is 0.636. The maximum absolute atomic E-state index is 13.1. The van der Waals surface area contributed by atoms with Crippen LogP contribution in [0.25, 0.3) is 0 Å². The van der Waals surface area contributed by atoms with E-state index in [2.05, 4.69) is 15.5 Å². The smallest absolute Gasteiger partial charge is 0.281 e. The highest BCUT2D eigenvalue weighted by molar-refractivity contribution is 14.1. The van der Waals surface area contributed by atoms with E-state index in [-0.39, 0.29) is 21.7 Å². The highest BCUT2D eigenvalue weighted by Gasteiger charge is 2.26. The van der Waals surface area contributed by atoms with Crippen molar-refractivity contribution in [1.82, 2.24) is 15.5 Å². The van der Waals surface area contributed by atoms with Gasteiger partial charge in [0.2, 0.25) is 5.91 Å². The number of likely N-dealkylation sites (tertiary alicyclic amines) is 1. The molecule has 2 amide bonds. The van der Waals surface area contributed by atoms with E-state index < -0.39 is 6.04 Å². The molecule has 5 nitrogen and oxygen atoms in total. The van der Waals surface area contributed by atoms with Crippen molar-refractivity contribution in [3.8, 4) is 0 Å². The van der Waals surface area contributed by atoms with Crippen LogP contribution in [0.3, 0.4) is 0 Å². The van der Waals surface area contributed by atoms with Gasteiger partial charge in [0.05, 0.1) is 0 Å². The lowest BCUT2D eigenvalue weighted by Gasteiger charge is -2.33. The van der Waals surface area contributed by atoms with Crippen LogP contribution >= 0.6 is 34.4 Å². The Morgan fingerprint density at radius 2 is 1.80 bits per heavy atom. The van der Waals surface area contributed by atoms with Crippen LogP contribution in [0.1, 0.15) is 44.1 Å². The van der Waals surface area contributed by atoms with Gasteiger partial charge >= 0.3 is 0 Å². The Labute approximate surface area is 196 Å². The van der Waals surface area contributed by atoms with E-state index in [0.29, 0.717) is 5.75 Å². The van der Waals surface area contributed by atoms with Crippen LogP contribution in [-0.2, 0) is 11.3 Å². The molecular formula is C22H31FIN3O2S. The van der Waals surface area contributed by atoms with Crippen molar-refractivity contribution in [3.05, 3.63) is 35.6 Å². The average Bonchev–Trinajstić information content (AvgIpc) is 3.23. The number of rotatable bonds is 9. The summed E-state index contributed by atoms with van der Waals surface area (Å²) in [5, 5.41) is 5.96. The predicted molar refractivity (Wildman–Crippen MR) is 128 cm³/mol. The van der Waals surface area contributed by atoms with Gasteiger partial charge in [-0.2, -0.15) is 11.8 Å². The zero-order valence-corrected chi connectivity index (χ0v) is 20.2. The molecule has 2 fully saturated rings. The summed E-state index contributed by atoms with van der Waals surface area (Å²) in [5.41, 5.74) is 1.10. The maximum atomic E-state index is 13.1. The largest absolute Gasteiger partial charge is 0.351 e. The van der Waals surface area contributed by atoms with Gasteiger partial charge in [0.1, 0.15) is 11.9 Å². The Bertz CT molecular complexity index is 692. The number of carbonyl (C=O) groups is 2. The van der Waals surface area contributed by atoms with Gasteiger partial charge in [0.25, 0.3) is 3.91 Å². The second-order valence-corrected chi connectivity index (χ2v) is 10.4. The van der Waals surface area contributed by atoms with Crippen LogP contribution < -0.4 is 10.6 Å². The van der Waals surface area contributed by atoms with Gasteiger partial charge in [-0.3, -0.25) is 14.5 Å². The number of hydrogen-bond acceptors (Lipinski definition) is 4. The van der Waals surface area contributed by atoms with Gasteiger partial charge in [-0.15, -0.1) is 0 Å². The summed E-state index contributed by atoms with van der Waals surface area (Å²) < 4.78 is 12.9. The van der Waals surface area contributed by atoms with Gasteiger partial charge in [-0.05, 0) is 55.1 Å². The van der Waals surface area contributed by atoms with E-state index in [1.807, 2.05) is 12.1 Å². The average molecular weight is 547 g/mol. The molecule has 3 rings (SSSR count). The zero-order chi connectivity index (χ0) is 21.3. The van der Waals surface area contributed by atoms with Crippen molar-refractivity contribution < 1.29 is 14.0 Å².